The Morgan fingerprint density at radius 1 is 1.15 bits per heavy atom. The first kappa shape index (κ1) is 22.3. The summed E-state index contributed by atoms with van der Waals surface area (Å²) in [5.41, 5.74) is 0.433. The number of fused-ring (bicyclic) bond motifs is 1. The van der Waals surface area contributed by atoms with E-state index in [9.17, 15) is 9.59 Å². The topological polar surface area (TPSA) is 99.1 Å². The van der Waals surface area contributed by atoms with E-state index in [2.05, 4.69) is 15.5 Å². The van der Waals surface area contributed by atoms with Crippen LogP contribution in [0, 0.1) is 0 Å². The van der Waals surface area contributed by atoms with E-state index >= 15 is 0 Å². The number of nitrogens with zero attached hydrogens (tertiary/aromatic N) is 2. The Hall–Kier alpha value is -3.94. The Balaban J connectivity index is 1.47. The van der Waals surface area contributed by atoms with Crippen LogP contribution in [0.3, 0.4) is 0 Å². The third-order valence-corrected chi connectivity index (χ3v) is 5.45. The van der Waals surface area contributed by atoms with E-state index in [1.807, 2.05) is 54.6 Å². The van der Waals surface area contributed by atoms with E-state index in [4.69, 9.17) is 14.3 Å². The molecule has 0 saturated heterocycles. The van der Waals surface area contributed by atoms with Gasteiger partial charge in [-0.2, -0.15) is 0 Å². The molecule has 3 aromatic rings. The third-order valence-electron chi connectivity index (χ3n) is 5.45. The van der Waals surface area contributed by atoms with Crippen molar-refractivity contribution >= 4 is 28.4 Å². The average molecular weight is 447 g/mol. The summed E-state index contributed by atoms with van der Waals surface area (Å²) in [6.07, 6.45) is 2.06. The van der Waals surface area contributed by atoms with Gasteiger partial charge in [0.15, 0.2) is 0 Å². The van der Waals surface area contributed by atoms with Crippen molar-refractivity contribution in [1.82, 2.24) is 10.3 Å². The molecule has 4 rings (SSSR count). The number of aromatic nitrogens is 1. The number of benzene rings is 2. The molecule has 170 valence electrons. The van der Waals surface area contributed by atoms with E-state index in [1.165, 1.54) is 0 Å². The van der Waals surface area contributed by atoms with E-state index in [-0.39, 0.29) is 31.9 Å². The zero-order valence-electron chi connectivity index (χ0n) is 18.5. The number of amides is 1. The molecule has 33 heavy (non-hydrogen) atoms. The van der Waals surface area contributed by atoms with Gasteiger partial charge in [0, 0.05) is 24.4 Å². The van der Waals surface area contributed by atoms with Crippen LogP contribution >= 0.6 is 0 Å². The minimum absolute atomic E-state index is 0.128. The molecule has 1 amide bonds. The van der Waals surface area contributed by atoms with Gasteiger partial charge < -0.3 is 19.6 Å². The molecule has 2 heterocycles. The highest BCUT2D eigenvalue weighted by molar-refractivity contribution is 6.06. The van der Waals surface area contributed by atoms with Crippen LogP contribution in [-0.4, -0.2) is 48.4 Å². The molecule has 2 aromatic carbocycles. The molecule has 1 aromatic heterocycles. The van der Waals surface area contributed by atoms with Gasteiger partial charge >= 0.3 is 5.97 Å². The van der Waals surface area contributed by atoms with Gasteiger partial charge in [-0.15, -0.1) is 0 Å². The van der Waals surface area contributed by atoms with Gasteiger partial charge in [0.1, 0.15) is 11.4 Å². The number of oxime groups is 1. The van der Waals surface area contributed by atoms with E-state index in [1.54, 1.807) is 20.2 Å². The Morgan fingerprint density at radius 2 is 2.00 bits per heavy atom. The van der Waals surface area contributed by atoms with Crippen molar-refractivity contribution in [1.29, 1.82) is 0 Å². The largest absolute Gasteiger partial charge is 0.497 e. The number of nitrogens with one attached hydrogen (secondary N) is 1. The second-order valence-electron chi connectivity index (χ2n) is 7.73. The average Bonchev–Trinajstić information content (AvgIpc) is 3.26. The summed E-state index contributed by atoms with van der Waals surface area (Å²) in [6.45, 7) is 2.09. The van der Waals surface area contributed by atoms with Crippen LogP contribution in [0.2, 0.25) is 0 Å². The Kier molecular flexibility index (Phi) is 6.53. The maximum absolute atomic E-state index is 12.8. The number of carbonyl (C=O) groups excluding carboxylic acids is 2. The molecule has 0 radical (unpaired) electrons. The first-order valence-corrected chi connectivity index (χ1v) is 10.7. The summed E-state index contributed by atoms with van der Waals surface area (Å²) in [5.74, 6) is -0.134. The predicted octanol–water partition coefficient (Wildman–Crippen LogP) is 3.29. The lowest BCUT2D eigenvalue weighted by atomic mass is 9.89. The summed E-state index contributed by atoms with van der Waals surface area (Å²) in [7, 11) is 1.58. The molecule has 0 fully saturated rings. The lowest BCUT2D eigenvalue weighted by Gasteiger charge is -2.24. The standard InChI is InChI=1S/C25H25N3O5/c1-3-32-24(30)25(14-17-7-6-9-20(13-17)31-2)15-19(28-33-25)16-27-23(29)22-21-10-5-4-8-18(21)11-12-26-22/h4-13H,3,14-16H2,1-2H3,(H,27,29). The van der Waals surface area contributed by atoms with Crippen LogP contribution in [0.1, 0.15) is 29.4 Å². The summed E-state index contributed by atoms with van der Waals surface area (Å²) < 4.78 is 10.6. The molecule has 0 saturated carbocycles. The summed E-state index contributed by atoms with van der Waals surface area (Å²) in [4.78, 5) is 35.5. The van der Waals surface area contributed by atoms with Crippen LogP contribution in [0.5, 0.6) is 5.75 Å². The Morgan fingerprint density at radius 3 is 2.82 bits per heavy atom. The molecule has 0 bridgehead atoms. The second-order valence-corrected chi connectivity index (χ2v) is 7.73. The van der Waals surface area contributed by atoms with Crippen molar-refractivity contribution in [2.45, 2.75) is 25.4 Å². The zero-order valence-corrected chi connectivity index (χ0v) is 18.5. The van der Waals surface area contributed by atoms with E-state index < -0.39 is 11.6 Å². The van der Waals surface area contributed by atoms with E-state index in [0.717, 1.165) is 16.3 Å². The molecule has 0 aliphatic carbocycles. The molecule has 0 spiro atoms. The Bertz CT molecular complexity index is 1200. The highest BCUT2D eigenvalue weighted by Crippen LogP contribution is 2.31. The molecule has 1 aliphatic rings. The van der Waals surface area contributed by atoms with Crippen molar-refractivity contribution in [3.05, 3.63) is 72.1 Å². The monoisotopic (exact) mass is 447 g/mol. The van der Waals surface area contributed by atoms with Crippen molar-refractivity contribution in [2.24, 2.45) is 5.16 Å². The van der Waals surface area contributed by atoms with Crippen LogP contribution in [-0.2, 0) is 20.8 Å². The minimum atomic E-state index is -1.29. The molecule has 1 atom stereocenters. The molecular formula is C25H25N3O5. The number of pyridine rings is 1. The van der Waals surface area contributed by atoms with Crippen molar-refractivity contribution in [3.63, 3.8) is 0 Å². The molecule has 8 nitrogen and oxygen atoms in total. The number of hydrogen-bond donors (Lipinski definition) is 1. The predicted molar refractivity (Wildman–Crippen MR) is 123 cm³/mol. The first-order chi connectivity index (χ1) is 16.0. The van der Waals surface area contributed by atoms with Crippen LogP contribution < -0.4 is 10.1 Å². The smallest absolute Gasteiger partial charge is 0.354 e. The van der Waals surface area contributed by atoms with Crippen LogP contribution in [0.25, 0.3) is 10.8 Å². The number of carbonyl (C=O) groups is 2. The first-order valence-electron chi connectivity index (χ1n) is 10.7. The highest BCUT2D eigenvalue weighted by Gasteiger charge is 2.48. The van der Waals surface area contributed by atoms with Crippen LogP contribution in [0.4, 0.5) is 0 Å². The molecule has 1 unspecified atom stereocenters. The van der Waals surface area contributed by atoms with Gasteiger partial charge in [0.05, 0.1) is 26.0 Å². The quantitative estimate of drug-likeness (QED) is 0.532. The maximum Gasteiger partial charge on any atom is 0.354 e. The number of esters is 1. The van der Waals surface area contributed by atoms with Gasteiger partial charge in [-0.1, -0.05) is 41.6 Å². The van der Waals surface area contributed by atoms with E-state index in [0.29, 0.717) is 17.2 Å². The second kappa shape index (κ2) is 9.68. The van der Waals surface area contributed by atoms with Gasteiger partial charge in [-0.3, -0.25) is 9.78 Å². The number of hydrogen-bond acceptors (Lipinski definition) is 7. The van der Waals surface area contributed by atoms with Gasteiger partial charge in [0.25, 0.3) is 5.91 Å². The fraction of sp³-hybridized carbons (Fsp3) is 0.280. The fourth-order valence-electron chi connectivity index (χ4n) is 3.86. The van der Waals surface area contributed by atoms with Crippen molar-refractivity contribution in [3.8, 4) is 5.75 Å². The number of rotatable bonds is 8. The van der Waals surface area contributed by atoms with Gasteiger partial charge in [0.2, 0.25) is 5.60 Å². The van der Waals surface area contributed by atoms with Crippen molar-refractivity contribution < 1.29 is 23.9 Å². The summed E-state index contributed by atoms with van der Waals surface area (Å²) in [5, 5.41) is 8.64. The van der Waals surface area contributed by atoms with Gasteiger partial charge in [-0.05, 0) is 36.1 Å². The zero-order chi connectivity index (χ0) is 23.3. The molecule has 1 N–H and O–H groups in total. The maximum atomic E-state index is 12.8. The summed E-state index contributed by atoms with van der Waals surface area (Å²) >= 11 is 0. The third kappa shape index (κ3) is 4.79. The van der Waals surface area contributed by atoms with Gasteiger partial charge in [-0.25, -0.2) is 4.79 Å². The van der Waals surface area contributed by atoms with Crippen molar-refractivity contribution in [2.75, 3.05) is 20.3 Å². The molecule has 8 heteroatoms. The fourth-order valence-corrected chi connectivity index (χ4v) is 3.86. The summed E-state index contributed by atoms with van der Waals surface area (Å²) in [6, 6.07) is 16.8. The molecular weight excluding hydrogens is 422 g/mol. The highest BCUT2D eigenvalue weighted by atomic mass is 16.7. The Labute approximate surface area is 191 Å². The normalized spacial score (nSPS) is 17.2. The number of methoxy groups -OCH3 is 1. The lowest BCUT2D eigenvalue weighted by Crippen LogP contribution is -2.43. The lowest BCUT2D eigenvalue weighted by molar-refractivity contribution is -0.168. The minimum Gasteiger partial charge on any atom is -0.497 e. The SMILES string of the molecule is CCOC(=O)C1(Cc2cccc(OC)c2)CC(CNC(=O)c2nccc3ccccc23)=NO1. The molecule has 1 aliphatic heterocycles. The van der Waals surface area contributed by atoms with Crippen LogP contribution in [0.15, 0.2) is 65.9 Å². The number of ether oxygens (including phenoxy) is 2.